The summed E-state index contributed by atoms with van der Waals surface area (Å²) in [6.07, 6.45) is 0. The van der Waals surface area contributed by atoms with Crippen molar-refractivity contribution in [2.75, 3.05) is 0 Å². The molecule has 0 fully saturated rings. The van der Waals surface area contributed by atoms with E-state index in [2.05, 4.69) is 0 Å². The third kappa shape index (κ3) is 3.01. The number of nitrogen functional groups attached to an aromatic ring is 1. The van der Waals surface area contributed by atoms with Gasteiger partial charge in [-0.15, -0.1) is 0 Å². The van der Waals surface area contributed by atoms with Crippen LogP contribution in [-0.4, -0.2) is 5.91 Å². The van der Waals surface area contributed by atoms with Crippen molar-refractivity contribution in [3.8, 4) is 11.8 Å². The summed E-state index contributed by atoms with van der Waals surface area (Å²) in [6, 6.07) is 7.29. The lowest BCUT2D eigenvalue weighted by Gasteiger charge is -2.06. The summed E-state index contributed by atoms with van der Waals surface area (Å²) in [5.41, 5.74) is 2.11. The standard InChI is InChI=1S/C14H12FN3O3/c1-8-10(14(19)18-17)5-9(21-8)7-20-13-4-2-3-12(15)11(13)6-16/h2-5H,7,17H2,1H3,(H,18,19). The van der Waals surface area contributed by atoms with Crippen molar-refractivity contribution < 1.29 is 18.3 Å². The summed E-state index contributed by atoms with van der Waals surface area (Å²) >= 11 is 0. The number of carbonyl (C=O) groups excluding carboxylic acids is 1. The number of furan rings is 1. The van der Waals surface area contributed by atoms with E-state index in [0.717, 1.165) is 0 Å². The normalized spacial score (nSPS) is 10.0. The van der Waals surface area contributed by atoms with Crippen molar-refractivity contribution in [3.05, 3.63) is 52.7 Å². The molecule has 2 rings (SSSR count). The molecule has 2 aromatic rings. The third-order valence-corrected chi connectivity index (χ3v) is 2.80. The number of amides is 1. The number of benzene rings is 1. The lowest BCUT2D eigenvalue weighted by molar-refractivity contribution is 0.0952. The maximum absolute atomic E-state index is 13.4. The first-order valence-electron chi connectivity index (χ1n) is 5.98. The zero-order valence-electron chi connectivity index (χ0n) is 11.1. The Morgan fingerprint density at radius 2 is 2.33 bits per heavy atom. The van der Waals surface area contributed by atoms with Crippen molar-refractivity contribution in [1.29, 1.82) is 5.26 Å². The number of halogens is 1. The van der Waals surface area contributed by atoms with Gasteiger partial charge in [-0.1, -0.05) is 6.07 Å². The van der Waals surface area contributed by atoms with Gasteiger partial charge in [-0.2, -0.15) is 5.26 Å². The molecular formula is C14H12FN3O3. The molecule has 0 saturated heterocycles. The molecular weight excluding hydrogens is 277 g/mol. The van der Waals surface area contributed by atoms with E-state index in [-0.39, 0.29) is 23.5 Å². The number of nitrogens with two attached hydrogens (primary N) is 1. The van der Waals surface area contributed by atoms with Crippen LogP contribution in [0.4, 0.5) is 4.39 Å². The molecule has 6 nitrogen and oxygen atoms in total. The van der Waals surface area contributed by atoms with Crippen molar-refractivity contribution in [1.82, 2.24) is 5.43 Å². The van der Waals surface area contributed by atoms with Gasteiger partial charge in [0.05, 0.1) is 5.56 Å². The molecule has 1 aromatic heterocycles. The molecule has 0 atom stereocenters. The van der Waals surface area contributed by atoms with Gasteiger partial charge in [0, 0.05) is 0 Å². The fourth-order valence-electron chi connectivity index (χ4n) is 1.80. The average Bonchev–Trinajstić information content (AvgIpc) is 2.85. The van der Waals surface area contributed by atoms with Gasteiger partial charge in [-0.05, 0) is 25.1 Å². The summed E-state index contributed by atoms with van der Waals surface area (Å²) in [7, 11) is 0. The van der Waals surface area contributed by atoms with Crippen LogP contribution in [0.3, 0.4) is 0 Å². The molecule has 0 unspecified atom stereocenters. The lowest BCUT2D eigenvalue weighted by atomic mass is 10.2. The molecule has 0 aliphatic heterocycles. The molecule has 0 bridgehead atoms. The molecule has 0 radical (unpaired) electrons. The molecule has 1 amide bonds. The van der Waals surface area contributed by atoms with Crippen LogP contribution in [0.25, 0.3) is 0 Å². The summed E-state index contributed by atoms with van der Waals surface area (Å²) < 4.78 is 24.1. The summed E-state index contributed by atoms with van der Waals surface area (Å²) in [5.74, 6) is 4.77. The SMILES string of the molecule is Cc1oc(COc2cccc(F)c2C#N)cc1C(=O)NN. The summed E-state index contributed by atoms with van der Waals surface area (Å²) in [6.45, 7) is 1.56. The van der Waals surface area contributed by atoms with E-state index in [9.17, 15) is 9.18 Å². The molecule has 0 saturated carbocycles. The number of hydrazine groups is 1. The second kappa shape index (κ2) is 6.07. The summed E-state index contributed by atoms with van der Waals surface area (Å²) in [4.78, 5) is 11.4. The maximum Gasteiger partial charge on any atom is 0.268 e. The fraction of sp³-hybridized carbons (Fsp3) is 0.143. The Morgan fingerprint density at radius 3 is 3.00 bits per heavy atom. The average molecular weight is 289 g/mol. The van der Waals surface area contributed by atoms with Gasteiger partial charge in [0.2, 0.25) is 0 Å². The first kappa shape index (κ1) is 14.6. The fourth-order valence-corrected chi connectivity index (χ4v) is 1.80. The molecule has 0 aliphatic carbocycles. The Hall–Kier alpha value is -2.85. The van der Waals surface area contributed by atoms with Crippen LogP contribution in [0.5, 0.6) is 5.75 Å². The van der Waals surface area contributed by atoms with Crippen molar-refractivity contribution in [3.63, 3.8) is 0 Å². The minimum absolute atomic E-state index is 0.0448. The van der Waals surface area contributed by atoms with Crippen LogP contribution in [-0.2, 0) is 6.61 Å². The zero-order chi connectivity index (χ0) is 15.4. The van der Waals surface area contributed by atoms with E-state index in [1.165, 1.54) is 24.3 Å². The second-order valence-corrected chi connectivity index (χ2v) is 4.17. The quantitative estimate of drug-likeness (QED) is 0.507. The van der Waals surface area contributed by atoms with E-state index < -0.39 is 11.7 Å². The Morgan fingerprint density at radius 1 is 1.57 bits per heavy atom. The smallest absolute Gasteiger partial charge is 0.268 e. The van der Waals surface area contributed by atoms with Gasteiger partial charge in [-0.3, -0.25) is 10.2 Å². The molecule has 0 spiro atoms. The van der Waals surface area contributed by atoms with Crippen LogP contribution in [0.1, 0.15) is 27.4 Å². The molecule has 108 valence electrons. The highest BCUT2D eigenvalue weighted by molar-refractivity contribution is 5.94. The number of hydrogen-bond acceptors (Lipinski definition) is 5. The molecule has 21 heavy (non-hydrogen) atoms. The van der Waals surface area contributed by atoms with Gasteiger partial charge < -0.3 is 9.15 Å². The van der Waals surface area contributed by atoms with Crippen LogP contribution in [0.15, 0.2) is 28.7 Å². The zero-order valence-corrected chi connectivity index (χ0v) is 11.1. The van der Waals surface area contributed by atoms with Crippen molar-refractivity contribution >= 4 is 5.91 Å². The topological polar surface area (TPSA) is 101 Å². The summed E-state index contributed by atoms with van der Waals surface area (Å²) in [5, 5.41) is 8.89. The molecule has 0 aliphatic rings. The van der Waals surface area contributed by atoms with Crippen LogP contribution < -0.4 is 16.0 Å². The highest BCUT2D eigenvalue weighted by Crippen LogP contribution is 2.22. The predicted molar refractivity (Wildman–Crippen MR) is 70.5 cm³/mol. The van der Waals surface area contributed by atoms with E-state index in [0.29, 0.717) is 11.5 Å². The van der Waals surface area contributed by atoms with Gasteiger partial charge in [0.1, 0.15) is 41.3 Å². The van der Waals surface area contributed by atoms with Crippen LogP contribution in [0, 0.1) is 24.1 Å². The van der Waals surface area contributed by atoms with Gasteiger partial charge >= 0.3 is 0 Å². The molecule has 7 heteroatoms. The van der Waals surface area contributed by atoms with E-state index >= 15 is 0 Å². The van der Waals surface area contributed by atoms with E-state index in [4.69, 9.17) is 20.3 Å². The van der Waals surface area contributed by atoms with Crippen LogP contribution in [0.2, 0.25) is 0 Å². The first-order valence-corrected chi connectivity index (χ1v) is 5.98. The van der Waals surface area contributed by atoms with Gasteiger partial charge in [-0.25, -0.2) is 10.2 Å². The number of ether oxygens (including phenoxy) is 1. The van der Waals surface area contributed by atoms with Gasteiger partial charge in [0.15, 0.2) is 0 Å². The molecule has 1 heterocycles. The van der Waals surface area contributed by atoms with Crippen molar-refractivity contribution in [2.24, 2.45) is 5.84 Å². The minimum atomic E-state index is -0.658. The molecule has 1 aromatic carbocycles. The Kier molecular flexibility index (Phi) is 4.21. The van der Waals surface area contributed by atoms with E-state index in [1.54, 1.807) is 13.0 Å². The highest BCUT2D eigenvalue weighted by atomic mass is 19.1. The van der Waals surface area contributed by atoms with Gasteiger partial charge in [0.25, 0.3) is 5.91 Å². The van der Waals surface area contributed by atoms with Crippen LogP contribution >= 0.6 is 0 Å². The number of nitrogens with zero attached hydrogens (tertiary/aromatic N) is 1. The number of carbonyl (C=O) groups is 1. The number of rotatable bonds is 4. The van der Waals surface area contributed by atoms with Crippen molar-refractivity contribution in [2.45, 2.75) is 13.5 Å². The van der Waals surface area contributed by atoms with E-state index in [1.807, 2.05) is 5.43 Å². The Labute approximate surface area is 119 Å². The molecule has 3 N–H and O–H groups in total. The maximum atomic E-state index is 13.4. The first-order chi connectivity index (χ1) is 10.1. The Bertz CT molecular complexity index is 719. The third-order valence-electron chi connectivity index (χ3n) is 2.80. The second-order valence-electron chi connectivity index (χ2n) is 4.17. The Balaban J connectivity index is 2.16. The number of nitrogens with one attached hydrogen (secondary N) is 1. The highest BCUT2D eigenvalue weighted by Gasteiger charge is 2.15. The minimum Gasteiger partial charge on any atom is -0.484 e. The largest absolute Gasteiger partial charge is 0.484 e. The predicted octanol–water partition coefficient (Wildman–Crippen LogP) is 1.78. The number of nitriles is 1. The monoisotopic (exact) mass is 289 g/mol. The number of aryl methyl sites for hydroxylation is 1. The lowest BCUT2D eigenvalue weighted by Crippen LogP contribution is -2.30. The number of hydrogen-bond donors (Lipinski definition) is 2.